The maximum atomic E-state index is 13.6. The van der Waals surface area contributed by atoms with E-state index in [-0.39, 0.29) is 40.8 Å². The summed E-state index contributed by atoms with van der Waals surface area (Å²) in [5.74, 6) is -3.15. The topological polar surface area (TPSA) is 165 Å². The van der Waals surface area contributed by atoms with E-state index in [0.29, 0.717) is 23.7 Å². The molecule has 41 heavy (non-hydrogen) atoms. The first-order valence-electron chi connectivity index (χ1n) is 13.0. The normalized spacial score (nSPS) is 18.2. The highest BCUT2D eigenvalue weighted by atomic mass is 35.5. The highest BCUT2D eigenvalue weighted by Crippen LogP contribution is 2.28. The number of nitrogens with two attached hydrogens (primary N) is 1. The summed E-state index contributed by atoms with van der Waals surface area (Å²) in [6.45, 7) is 1.25. The number of imidazole rings is 1. The van der Waals surface area contributed by atoms with Gasteiger partial charge in [-0.1, -0.05) is 41.4 Å². The zero-order chi connectivity index (χ0) is 29.7. The van der Waals surface area contributed by atoms with Crippen LogP contribution in [0.5, 0.6) is 0 Å². The van der Waals surface area contributed by atoms with Gasteiger partial charge in [0.1, 0.15) is 12.3 Å². The molecule has 1 aromatic heterocycles. The average molecular weight is 602 g/mol. The van der Waals surface area contributed by atoms with Gasteiger partial charge in [-0.2, -0.15) is 0 Å². The first kappa shape index (κ1) is 30.2. The van der Waals surface area contributed by atoms with Crippen LogP contribution in [0, 0.1) is 5.92 Å². The van der Waals surface area contributed by atoms with Crippen LogP contribution in [0.1, 0.15) is 47.2 Å². The molecule has 2 heterocycles. The van der Waals surface area contributed by atoms with Crippen LogP contribution in [-0.2, 0) is 19.1 Å². The molecule has 216 valence electrons. The smallest absolute Gasteiger partial charge is 0.341 e. The van der Waals surface area contributed by atoms with Crippen LogP contribution >= 0.6 is 23.2 Å². The third kappa shape index (κ3) is 6.75. The van der Waals surface area contributed by atoms with Gasteiger partial charge in [-0.3, -0.25) is 14.4 Å². The van der Waals surface area contributed by atoms with Gasteiger partial charge in [0.05, 0.1) is 32.7 Å². The maximum absolute atomic E-state index is 13.6. The van der Waals surface area contributed by atoms with E-state index in [1.54, 1.807) is 37.3 Å². The van der Waals surface area contributed by atoms with Crippen LogP contribution in [0.2, 0.25) is 10.0 Å². The minimum atomic E-state index is -1.11. The molecule has 0 radical (unpaired) electrons. The largest absolute Gasteiger partial charge is 0.454 e. The number of fused-ring (bicyclic) bond motifs is 1. The first-order valence-corrected chi connectivity index (χ1v) is 13.8. The number of esters is 1. The van der Waals surface area contributed by atoms with Crippen LogP contribution in [-0.4, -0.2) is 76.0 Å². The summed E-state index contributed by atoms with van der Waals surface area (Å²) in [5, 5.41) is 2.81. The van der Waals surface area contributed by atoms with Crippen molar-refractivity contribution in [1.29, 1.82) is 0 Å². The summed E-state index contributed by atoms with van der Waals surface area (Å²) in [6.07, 6.45) is 1.18. The molecule has 2 aromatic carbocycles. The van der Waals surface area contributed by atoms with Crippen molar-refractivity contribution >= 4 is 64.1 Å². The Morgan fingerprint density at radius 1 is 1.20 bits per heavy atom. The third-order valence-corrected chi connectivity index (χ3v) is 7.62. The van der Waals surface area contributed by atoms with Crippen LogP contribution in [0.15, 0.2) is 42.5 Å². The molecule has 0 spiro atoms. The average Bonchev–Trinajstić information content (AvgIpc) is 3.50. The number of nitrogens with one attached hydrogen (secondary N) is 2. The standard InChI is InChI=1S/C28H29Cl2N5O6/c1-15-11-21(34-26(38)25-32-19-7-2-3-8-20(19)33-25)27(39)35(15)22(12-16(13-36)9-10-31)23(37)14-41-28(40)24-17(29)5-4-6-18(24)30/h2-8,13,15-16,21-22H,9-12,14,31H2,1H3,(H,32,33)(H,34,38)/t15?,16-,21-,22-/m0/s1. The highest BCUT2D eigenvalue weighted by Gasteiger charge is 2.44. The fraction of sp³-hybridized carbons (Fsp3) is 0.357. The SMILES string of the molecule is CC1C[C@H](NC(=O)c2nc3ccccc3[nH]2)C(=O)N1[C@@H](C[C@@H](C=O)CCN)C(=O)COC(=O)c1c(Cl)cccc1Cl. The Hall–Kier alpha value is -3.80. The summed E-state index contributed by atoms with van der Waals surface area (Å²) < 4.78 is 5.23. The number of halogens is 2. The van der Waals surface area contributed by atoms with E-state index in [2.05, 4.69) is 15.3 Å². The van der Waals surface area contributed by atoms with Gasteiger partial charge in [-0.25, -0.2) is 9.78 Å². The molecule has 0 saturated carbocycles. The lowest BCUT2D eigenvalue weighted by molar-refractivity contribution is -0.141. The minimum absolute atomic E-state index is 0.0236. The van der Waals surface area contributed by atoms with Gasteiger partial charge in [-0.15, -0.1) is 0 Å². The zero-order valence-electron chi connectivity index (χ0n) is 22.1. The van der Waals surface area contributed by atoms with Crippen molar-refractivity contribution in [3.63, 3.8) is 0 Å². The number of nitrogens with zero attached hydrogens (tertiary/aromatic N) is 2. The molecule has 1 unspecified atom stereocenters. The molecule has 1 aliphatic heterocycles. The number of carbonyl (C=O) groups is 5. The molecule has 4 atom stereocenters. The van der Waals surface area contributed by atoms with Crippen molar-refractivity contribution in [2.24, 2.45) is 11.7 Å². The third-order valence-electron chi connectivity index (χ3n) is 6.99. The van der Waals surface area contributed by atoms with E-state index in [1.165, 1.54) is 17.0 Å². The zero-order valence-corrected chi connectivity index (χ0v) is 23.7. The Bertz CT molecular complexity index is 1420. The second-order valence-electron chi connectivity index (χ2n) is 9.82. The summed E-state index contributed by atoms with van der Waals surface area (Å²) in [4.78, 5) is 72.9. The highest BCUT2D eigenvalue weighted by molar-refractivity contribution is 6.39. The summed E-state index contributed by atoms with van der Waals surface area (Å²) in [5.41, 5.74) is 6.82. The Morgan fingerprint density at radius 2 is 1.90 bits per heavy atom. The number of likely N-dealkylation sites (tertiary alicyclic amines) is 1. The molecular formula is C28H29Cl2N5O6. The molecular weight excluding hydrogens is 573 g/mol. The number of ketones is 1. The Kier molecular flexibility index (Phi) is 9.74. The van der Waals surface area contributed by atoms with Crippen LogP contribution in [0.25, 0.3) is 11.0 Å². The van der Waals surface area contributed by atoms with Gasteiger partial charge in [0.2, 0.25) is 5.91 Å². The fourth-order valence-electron chi connectivity index (χ4n) is 4.96. The fourth-order valence-corrected chi connectivity index (χ4v) is 5.51. The van der Waals surface area contributed by atoms with Gasteiger partial charge < -0.3 is 30.5 Å². The Labute approximate surface area is 245 Å². The van der Waals surface area contributed by atoms with E-state index in [0.717, 1.165) is 0 Å². The van der Waals surface area contributed by atoms with Crippen LogP contribution < -0.4 is 11.1 Å². The number of aromatic nitrogens is 2. The van der Waals surface area contributed by atoms with Crippen molar-refractivity contribution in [2.45, 2.75) is 44.3 Å². The van der Waals surface area contributed by atoms with E-state index in [9.17, 15) is 24.0 Å². The lowest BCUT2D eigenvalue weighted by Crippen LogP contribution is -2.50. The van der Waals surface area contributed by atoms with E-state index >= 15 is 0 Å². The van der Waals surface area contributed by atoms with Gasteiger partial charge in [0.25, 0.3) is 5.91 Å². The van der Waals surface area contributed by atoms with Gasteiger partial charge in [0.15, 0.2) is 18.2 Å². The second kappa shape index (κ2) is 13.2. The molecule has 4 N–H and O–H groups in total. The number of Topliss-reactive ketones (excluding diaryl/α,β-unsaturated/α-hetero) is 1. The minimum Gasteiger partial charge on any atom is -0.454 e. The number of benzene rings is 2. The number of hydrogen-bond acceptors (Lipinski definition) is 8. The lowest BCUT2D eigenvalue weighted by atomic mass is 9.94. The molecule has 13 heteroatoms. The number of amides is 2. The summed E-state index contributed by atoms with van der Waals surface area (Å²) >= 11 is 12.2. The van der Waals surface area contributed by atoms with Crippen LogP contribution in [0.4, 0.5) is 0 Å². The molecule has 1 fully saturated rings. The second-order valence-corrected chi connectivity index (χ2v) is 10.6. The number of H-pyrrole nitrogens is 1. The van der Waals surface area contributed by atoms with Crippen LogP contribution in [0.3, 0.4) is 0 Å². The van der Waals surface area contributed by atoms with Gasteiger partial charge in [0, 0.05) is 12.0 Å². The lowest BCUT2D eigenvalue weighted by Gasteiger charge is -2.32. The molecule has 4 rings (SSSR count). The quantitative estimate of drug-likeness (QED) is 0.210. The molecule has 1 aliphatic rings. The monoisotopic (exact) mass is 601 g/mol. The summed E-state index contributed by atoms with van der Waals surface area (Å²) in [6, 6.07) is 9.08. The molecule has 2 amide bonds. The number of aromatic amines is 1. The molecule has 3 aromatic rings. The van der Waals surface area contributed by atoms with Gasteiger partial charge >= 0.3 is 5.97 Å². The Balaban J connectivity index is 1.51. The van der Waals surface area contributed by atoms with Crippen molar-refractivity contribution < 1.29 is 28.7 Å². The van der Waals surface area contributed by atoms with E-state index in [1.807, 2.05) is 0 Å². The first-order chi connectivity index (χ1) is 19.6. The molecule has 0 aliphatic carbocycles. The predicted octanol–water partition coefficient (Wildman–Crippen LogP) is 2.94. The number of carbonyl (C=O) groups excluding carboxylic acids is 5. The van der Waals surface area contributed by atoms with E-state index < -0.39 is 54.2 Å². The number of para-hydroxylation sites is 2. The number of rotatable bonds is 12. The number of hydrogen-bond donors (Lipinski definition) is 3. The predicted molar refractivity (Wildman–Crippen MR) is 152 cm³/mol. The van der Waals surface area contributed by atoms with E-state index in [4.69, 9.17) is 33.7 Å². The Morgan fingerprint density at radius 3 is 2.56 bits per heavy atom. The maximum Gasteiger partial charge on any atom is 0.341 e. The van der Waals surface area contributed by atoms with Crippen molar-refractivity contribution in [2.75, 3.05) is 13.2 Å². The van der Waals surface area contributed by atoms with Gasteiger partial charge in [-0.05, 0) is 57.0 Å². The number of ether oxygens (including phenoxy) is 1. The molecule has 1 saturated heterocycles. The van der Waals surface area contributed by atoms with Crippen molar-refractivity contribution in [3.05, 3.63) is 63.9 Å². The number of aldehydes is 1. The molecule has 11 nitrogen and oxygen atoms in total. The molecule has 0 bridgehead atoms. The summed E-state index contributed by atoms with van der Waals surface area (Å²) in [7, 11) is 0. The van der Waals surface area contributed by atoms with Crippen molar-refractivity contribution in [1.82, 2.24) is 20.2 Å². The van der Waals surface area contributed by atoms with Crippen molar-refractivity contribution in [3.8, 4) is 0 Å².